The molecule has 3 aliphatic rings. The van der Waals surface area contributed by atoms with Crippen molar-refractivity contribution in [2.45, 2.75) is 43.3 Å². The van der Waals surface area contributed by atoms with Crippen LogP contribution >= 0.6 is 0 Å². The summed E-state index contributed by atoms with van der Waals surface area (Å²) in [6, 6.07) is 0. The van der Waals surface area contributed by atoms with Gasteiger partial charge in [-0.2, -0.15) is 8.42 Å². The first-order valence-corrected chi connectivity index (χ1v) is 6.05. The van der Waals surface area contributed by atoms with E-state index in [-0.39, 0.29) is 18.1 Å². The van der Waals surface area contributed by atoms with Gasteiger partial charge in [0.1, 0.15) is 17.0 Å². The number of hydrogen-bond acceptors (Lipinski definition) is 4. The SMILES string of the molecule is CC1CC2C3(O1)C(C)C3OS2(=O)=O. The van der Waals surface area contributed by atoms with Crippen LogP contribution in [0.3, 0.4) is 0 Å². The van der Waals surface area contributed by atoms with Crippen molar-refractivity contribution in [2.24, 2.45) is 5.92 Å². The molecule has 0 radical (unpaired) electrons. The Bertz CT molecular complexity index is 362. The molecule has 3 rings (SSSR count). The highest BCUT2D eigenvalue weighted by Crippen LogP contribution is 2.63. The van der Waals surface area contributed by atoms with Crippen molar-refractivity contribution in [1.82, 2.24) is 0 Å². The minimum absolute atomic E-state index is 0.0520. The Hall–Kier alpha value is -0.130. The fraction of sp³-hybridized carbons (Fsp3) is 1.00. The van der Waals surface area contributed by atoms with Gasteiger partial charge in [0, 0.05) is 5.92 Å². The summed E-state index contributed by atoms with van der Waals surface area (Å²) in [5, 5.41) is -0.407. The molecular formula is C8H12O4S. The molecule has 2 heterocycles. The molecular weight excluding hydrogens is 192 g/mol. The Morgan fingerprint density at radius 2 is 2.08 bits per heavy atom. The van der Waals surface area contributed by atoms with E-state index in [9.17, 15) is 8.42 Å². The molecule has 13 heavy (non-hydrogen) atoms. The van der Waals surface area contributed by atoms with Crippen molar-refractivity contribution in [3.63, 3.8) is 0 Å². The van der Waals surface area contributed by atoms with Gasteiger partial charge in [0.2, 0.25) is 0 Å². The highest BCUT2D eigenvalue weighted by atomic mass is 32.2. The summed E-state index contributed by atoms with van der Waals surface area (Å²) in [6.07, 6.45) is 0.437. The van der Waals surface area contributed by atoms with Gasteiger partial charge < -0.3 is 4.74 Å². The Kier molecular flexibility index (Phi) is 1.23. The van der Waals surface area contributed by atoms with Crippen LogP contribution in [-0.4, -0.2) is 31.5 Å². The van der Waals surface area contributed by atoms with Crippen LogP contribution in [0, 0.1) is 5.92 Å². The van der Waals surface area contributed by atoms with Crippen LogP contribution in [0.1, 0.15) is 20.3 Å². The normalized spacial score (nSPS) is 61.7. The molecule has 1 spiro atoms. The molecule has 0 aromatic heterocycles. The molecule has 2 saturated heterocycles. The zero-order valence-electron chi connectivity index (χ0n) is 7.56. The summed E-state index contributed by atoms with van der Waals surface area (Å²) in [5.74, 6) is 0.242. The second kappa shape index (κ2) is 1.94. The van der Waals surface area contributed by atoms with Crippen LogP contribution in [0.15, 0.2) is 0 Å². The Morgan fingerprint density at radius 1 is 1.38 bits per heavy atom. The molecule has 5 unspecified atom stereocenters. The first-order valence-electron chi connectivity index (χ1n) is 4.58. The lowest BCUT2D eigenvalue weighted by atomic mass is 10.1. The topological polar surface area (TPSA) is 52.6 Å². The third-order valence-corrected chi connectivity index (χ3v) is 5.28. The lowest BCUT2D eigenvalue weighted by Crippen LogP contribution is -2.29. The summed E-state index contributed by atoms with van der Waals surface area (Å²) >= 11 is 0. The highest BCUT2D eigenvalue weighted by Gasteiger charge is 2.81. The van der Waals surface area contributed by atoms with Crippen LogP contribution in [0.5, 0.6) is 0 Å². The van der Waals surface area contributed by atoms with E-state index in [1.165, 1.54) is 0 Å². The lowest BCUT2D eigenvalue weighted by Gasteiger charge is -2.10. The van der Waals surface area contributed by atoms with Gasteiger partial charge in [-0.05, 0) is 13.3 Å². The maximum atomic E-state index is 11.5. The van der Waals surface area contributed by atoms with Crippen LogP contribution in [0.2, 0.25) is 0 Å². The van der Waals surface area contributed by atoms with Crippen molar-refractivity contribution in [3.8, 4) is 0 Å². The summed E-state index contributed by atoms with van der Waals surface area (Å²) in [7, 11) is -3.32. The van der Waals surface area contributed by atoms with Crippen molar-refractivity contribution in [3.05, 3.63) is 0 Å². The molecule has 3 fully saturated rings. The lowest BCUT2D eigenvalue weighted by molar-refractivity contribution is 0.0189. The summed E-state index contributed by atoms with van der Waals surface area (Å²) < 4.78 is 33.6. The van der Waals surface area contributed by atoms with Crippen LogP contribution in [0.25, 0.3) is 0 Å². The van der Waals surface area contributed by atoms with E-state index in [1.54, 1.807) is 0 Å². The van der Waals surface area contributed by atoms with Gasteiger partial charge in [0.15, 0.2) is 0 Å². The van der Waals surface area contributed by atoms with E-state index in [2.05, 4.69) is 0 Å². The average Bonchev–Trinajstić information content (AvgIpc) is 2.45. The second-order valence-corrected chi connectivity index (χ2v) is 6.05. The zero-order valence-corrected chi connectivity index (χ0v) is 8.37. The maximum absolute atomic E-state index is 11.5. The summed E-state index contributed by atoms with van der Waals surface area (Å²) in [5.41, 5.74) is -0.474. The van der Waals surface area contributed by atoms with Gasteiger partial charge in [0.05, 0.1) is 6.10 Å². The fourth-order valence-corrected chi connectivity index (χ4v) is 4.94. The second-order valence-electron chi connectivity index (χ2n) is 4.30. The molecule has 0 aromatic rings. The largest absolute Gasteiger partial charge is 0.367 e. The molecule has 2 aliphatic heterocycles. The minimum atomic E-state index is -3.32. The molecule has 74 valence electrons. The third kappa shape index (κ3) is 0.727. The Labute approximate surface area is 77.3 Å². The van der Waals surface area contributed by atoms with Crippen molar-refractivity contribution in [1.29, 1.82) is 0 Å². The Balaban J connectivity index is 2.08. The van der Waals surface area contributed by atoms with Gasteiger partial charge in [0.25, 0.3) is 10.1 Å². The predicted molar refractivity (Wildman–Crippen MR) is 44.6 cm³/mol. The van der Waals surface area contributed by atoms with E-state index in [4.69, 9.17) is 8.92 Å². The molecule has 1 saturated carbocycles. The quantitative estimate of drug-likeness (QED) is 0.532. The van der Waals surface area contributed by atoms with Gasteiger partial charge in [-0.15, -0.1) is 0 Å². The Morgan fingerprint density at radius 3 is 2.69 bits per heavy atom. The maximum Gasteiger partial charge on any atom is 0.273 e. The molecule has 0 amide bonds. The highest BCUT2D eigenvalue weighted by molar-refractivity contribution is 7.87. The van der Waals surface area contributed by atoms with Crippen molar-refractivity contribution >= 4 is 10.1 Å². The van der Waals surface area contributed by atoms with Crippen LogP contribution in [-0.2, 0) is 19.0 Å². The minimum Gasteiger partial charge on any atom is -0.367 e. The van der Waals surface area contributed by atoms with Gasteiger partial charge in [-0.3, -0.25) is 4.18 Å². The number of rotatable bonds is 0. The van der Waals surface area contributed by atoms with Gasteiger partial charge in [-0.1, -0.05) is 6.92 Å². The summed E-state index contributed by atoms with van der Waals surface area (Å²) in [6.45, 7) is 3.91. The van der Waals surface area contributed by atoms with Crippen molar-refractivity contribution < 1.29 is 17.3 Å². The molecule has 1 aliphatic carbocycles. The van der Waals surface area contributed by atoms with Crippen molar-refractivity contribution in [2.75, 3.05) is 0 Å². The number of ether oxygens (including phenoxy) is 1. The van der Waals surface area contributed by atoms with Crippen LogP contribution < -0.4 is 0 Å². The third-order valence-electron chi connectivity index (χ3n) is 3.54. The van der Waals surface area contributed by atoms with E-state index in [0.29, 0.717) is 6.42 Å². The standard InChI is InChI=1S/C8H12O4S/c1-4-3-6-8(11-4)5(2)7(8)12-13(6,9)10/h4-7H,3H2,1-2H3. The fourth-order valence-electron chi connectivity index (χ4n) is 2.84. The molecule has 0 bridgehead atoms. The van der Waals surface area contributed by atoms with E-state index in [1.807, 2.05) is 13.8 Å². The first kappa shape index (κ1) is 8.20. The monoisotopic (exact) mass is 204 g/mol. The van der Waals surface area contributed by atoms with Gasteiger partial charge in [-0.25, -0.2) is 0 Å². The van der Waals surface area contributed by atoms with E-state index in [0.717, 1.165) is 0 Å². The predicted octanol–water partition coefficient (Wildman–Crippen LogP) is 0.281. The van der Waals surface area contributed by atoms with E-state index < -0.39 is 21.0 Å². The van der Waals surface area contributed by atoms with Gasteiger partial charge >= 0.3 is 0 Å². The molecule has 5 heteroatoms. The molecule has 0 N–H and O–H groups in total. The molecule has 5 atom stereocenters. The number of hydrogen-bond donors (Lipinski definition) is 0. The van der Waals surface area contributed by atoms with E-state index >= 15 is 0 Å². The molecule has 4 nitrogen and oxygen atoms in total. The smallest absolute Gasteiger partial charge is 0.273 e. The summed E-state index contributed by atoms with van der Waals surface area (Å²) in [4.78, 5) is 0. The zero-order chi connectivity index (χ0) is 9.43. The average molecular weight is 204 g/mol. The van der Waals surface area contributed by atoms with Crippen LogP contribution in [0.4, 0.5) is 0 Å². The first-order chi connectivity index (χ1) is 5.98. The molecule has 0 aromatic carbocycles.